The van der Waals surface area contributed by atoms with Crippen LogP contribution in [0.4, 0.5) is 0 Å². The van der Waals surface area contributed by atoms with Gasteiger partial charge in [-0.1, -0.05) is 6.92 Å². The predicted molar refractivity (Wildman–Crippen MR) is 66.0 cm³/mol. The van der Waals surface area contributed by atoms with Gasteiger partial charge in [0.1, 0.15) is 5.54 Å². The smallest absolute Gasteiger partial charge is 0.104 e. The minimum absolute atomic E-state index is 0.404. The molecule has 0 aliphatic heterocycles. The topological polar surface area (TPSA) is 62.3 Å². The van der Waals surface area contributed by atoms with Gasteiger partial charge in [0, 0.05) is 13.2 Å². The molecule has 0 aliphatic rings. The summed E-state index contributed by atoms with van der Waals surface area (Å²) >= 11 is 0. The van der Waals surface area contributed by atoms with Gasteiger partial charge in [-0.2, -0.15) is 5.26 Å². The van der Waals surface area contributed by atoms with Crippen LogP contribution in [0, 0.1) is 11.3 Å². The van der Waals surface area contributed by atoms with Crippen LogP contribution in [-0.4, -0.2) is 43.8 Å². The van der Waals surface area contributed by atoms with Crippen molar-refractivity contribution < 1.29 is 4.74 Å². The molecule has 4 heteroatoms. The molecule has 0 saturated carbocycles. The lowest BCUT2D eigenvalue weighted by molar-refractivity contribution is 0.114. The second-order valence-electron chi connectivity index (χ2n) is 4.51. The van der Waals surface area contributed by atoms with E-state index < -0.39 is 5.54 Å². The first kappa shape index (κ1) is 15.4. The van der Waals surface area contributed by atoms with Crippen LogP contribution in [0.2, 0.25) is 0 Å². The van der Waals surface area contributed by atoms with Crippen LogP contribution in [0.15, 0.2) is 0 Å². The summed E-state index contributed by atoms with van der Waals surface area (Å²) in [6.07, 6.45) is 2.41. The van der Waals surface area contributed by atoms with Crippen molar-refractivity contribution in [3.05, 3.63) is 0 Å². The van der Waals surface area contributed by atoms with Crippen molar-refractivity contribution in [3.63, 3.8) is 0 Å². The Bertz CT molecular complexity index is 227. The van der Waals surface area contributed by atoms with Crippen molar-refractivity contribution in [2.45, 2.75) is 44.7 Å². The van der Waals surface area contributed by atoms with Crippen molar-refractivity contribution in [3.8, 4) is 6.07 Å². The highest BCUT2D eigenvalue weighted by Crippen LogP contribution is 2.13. The molecule has 0 aromatic heterocycles. The molecule has 94 valence electrons. The molecule has 0 aromatic carbocycles. The quantitative estimate of drug-likeness (QED) is 0.680. The molecule has 0 bridgehead atoms. The fourth-order valence-electron chi connectivity index (χ4n) is 1.54. The Morgan fingerprint density at radius 1 is 1.56 bits per heavy atom. The van der Waals surface area contributed by atoms with Crippen LogP contribution in [0.1, 0.15) is 33.1 Å². The number of nitriles is 1. The summed E-state index contributed by atoms with van der Waals surface area (Å²) in [7, 11) is 3.78. The van der Waals surface area contributed by atoms with Crippen molar-refractivity contribution in [2.75, 3.05) is 27.3 Å². The van der Waals surface area contributed by atoms with E-state index in [1.54, 1.807) is 7.11 Å². The minimum Gasteiger partial charge on any atom is -0.383 e. The molecule has 0 rings (SSSR count). The summed E-state index contributed by atoms with van der Waals surface area (Å²) < 4.78 is 5.10. The number of hydrogen-bond donors (Lipinski definition) is 1. The van der Waals surface area contributed by atoms with Gasteiger partial charge < -0.3 is 15.4 Å². The van der Waals surface area contributed by atoms with Crippen LogP contribution in [0.5, 0.6) is 0 Å². The van der Waals surface area contributed by atoms with Crippen molar-refractivity contribution >= 4 is 0 Å². The van der Waals surface area contributed by atoms with E-state index in [9.17, 15) is 0 Å². The molecule has 2 atom stereocenters. The summed E-state index contributed by atoms with van der Waals surface area (Å²) in [6, 6.07) is 2.59. The zero-order valence-electron chi connectivity index (χ0n) is 11.0. The Morgan fingerprint density at radius 3 is 2.62 bits per heavy atom. The molecule has 2 unspecified atom stereocenters. The fourth-order valence-corrected chi connectivity index (χ4v) is 1.54. The minimum atomic E-state index is -0.647. The van der Waals surface area contributed by atoms with Crippen molar-refractivity contribution in [1.29, 1.82) is 5.26 Å². The van der Waals surface area contributed by atoms with Crippen LogP contribution in [0.3, 0.4) is 0 Å². The van der Waals surface area contributed by atoms with E-state index in [-0.39, 0.29) is 0 Å². The maximum atomic E-state index is 8.94. The zero-order chi connectivity index (χ0) is 12.6. The molecular formula is C12H25N3O. The van der Waals surface area contributed by atoms with Gasteiger partial charge in [-0.3, -0.25) is 0 Å². The van der Waals surface area contributed by atoms with Crippen LogP contribution >= 0.6 is 0 Å². The van der Waals surface area contributed by atoms with E-state index in [0.29, 0.717) is 12.5 Å². The Hall–Kier alpha value is -0.630. The van der Waals surface area contributed by atoms with Crippen LogP contribution in [-0.2, 0) is 4.74 Å². The van der Waals surface area contributed by atoms with Gasteiger partial charge in [0.25, 0.3) is 0 Å². The van der Waals surface area contributed by atoms with E-state index in [0.717, 1.165) is 26.0 Å². The highest BCUT2D eigenvalue weighted by molar-refractivity contribution is 5.03. The van der Waals surface area contributed by atoms with Gasteiger partial charge >= 0.3 is 0 Å². The first-order valence-electron chi connectivity index (χ1n) is 5.88. The third kappa shape index (κ3) is 5.45. The lowest BCUT2D eigenvalue weighted by Crippen LogP contribution is -2.39. The summed E-state index contributed by atoms with van der Waals surface area (Å²) in [4.78, 5) is 2.23. The Morgan fingerprint density at radius 2 is 2.19 bits per heavy atom. The number of methoxy groups -OCH3 is 1. The maximum Gasteiger partial charge on any atom is 0.104 e. The number of rotatable bonds is 8. The lowest BCUT2D eigenvalue weighted by Gasteiger charge is -2.26. The highest BCUT2D eigenvalue weighted by atomic mass is 16.5. The molecule has 16 heavy (non-hydrogen) atoms. The highest BCUT2D eigenvalue weighted by Gasteiger charge is 2.21. The van der Waals surface area contributed by atoms with Gasteiger partial charge in [-0.15, -0.1) is 0 Å². The number of likely N-dealkylation sites (N-methyl/N-ethyl adjacent to an activating group) is 1. The zero-order valence-corrected chi connectivity index (χ0v) is 11.0. The first-order valence-corrected chi connectivity index (χ1v) is 5.88. The third-order valence-electron chi connectivity index (χ3n) is 3.15. The molecule has 0 radical (unpaired) electrons. The number of ether oxygens (including phenoxy) is 1. The van der Waals surface area contributed by atoms with Gasteiger partial charge in [-0.25, -0.2) is 0 Å². The van der Waals surface area contributed by atoms with Crippen molar-refractivity contribution in [1.82, 2.24) is 4.90 Å². The molecule has 0 amide bonds. The third-order valence-corrected chi connectivity index (χ3v) is 3.15. The van der Waals surface area contributed by atoms with E-state index in [1.807, 2.05) is 6.92 Å². The Kier molecular flexibility index (Phi) is 7.31. The van der Waals surface area contributed by atoms with Crippen molar-refractivity contribution in [2.24, 2.45) is 5.73 Å². The van der Waals surface area contributed by atoms with Gasteiger partial charge in [0.05, 0.1) is 12.7 Å². The Balaban J connectivity index is 3.86. The van der Waals surface area contributed by atoms with Crippen LogP contribution < -0.4 is 5.73 Å². The number of hydrogen-bond acceptors (Lipinski definition) is 4. The monoisotopic (exact) mass is 227 g/mol. The van der Waals surface area contributed by atoms with Gasteiger partial charge in [0.2, 0.25) is 0 Å². The average molecular weight is 227 g/mol. The molecule has 2 N–H and O–H groups in total. The summed E-state index contributed by atoms with van der Waals surface area (Å²) in [5.74, 6) is 0. The van der Waals surface area contributed by atoms with E-state index >= 15 is 0 Å². The second kappa shape index (κ2) is 7.61. The molecule has 4 nitrogen and oxygen atoms in total. The summed E-state index contributed by atoms with van der Waals surface area (Å²) in [5, 5.41) is 8.94. The van der Waals surface area contributed by atoms with E-state index in [1.165, 1.54) is 0 Å². The predicted octanol–water partition coefficient (Wildman–Crippen LogP) is 1.36. The molecule has 0 heterocycles. The number of nitrogens with zero attached hydrogens (tertiary/aromatic N) is 2. The second-order valence-corrected chi connectivity index (χ2v) is 4.51. The first-order chi connectivity index (χ1) is 7.49. The number of nitrogens with two attached hydrogens (primary N) is 1. The standard InChI is InChI=1S/C12H25N3O/c1-5-12(14,10-13)7-6-8-15(3)11(2)9-16-4/h11H,5-9,14H2,1-4H3. The molecule has 0 aromatic rings. The molecule has 0 spiro atoms. The lowest BCUT2D eigenvalue weighted by atomic mass is 9.93. The maximum absolute atomic E-state index is 8.94. The van der Waals surface area contributed by atoms with Gasteiger partial charge in [-0.05, 0) is 39.8 Å². The molecule has 0 aliphatic carbocycles. The van der Waals surface area contributed by atoms with E-state index in [2.05, 4.69) is 24.9 Å². The Labute approximate surface area is 99.4 Å². The SMILES string of the molecule is CCC(N)(C#N)CCCN(C)C(C)COC. The average Bonchev–Trinajstić information content (AvgIpc) is 2.29. The molecule has 0 saturated heterocycles. The van der Waals surface area contributed by atoms with E-state index in [4.69, 9.17) is 15.7 Å². The normalized spacial score (nSPS) is 16.8. The summed E-state index contributed by atoms with van der Waals surface area (Å²) in [6.45, 7) is 5.77. The fraction of sp³-hybridized carbons (Fsp3) is 0.917. The largest absolute Gasteiger partial charge is 0.383 e. The van der Waals surface area contributed by atoms with Crippen LogP contribution in [0.25, 0.3) is 0 Å². The molecular weight excluding hydrogens is 202 g/mol. The molecule has 0 fully saturated rings. The van der Waals surface area contributed by atoms with Gasteiger partial charge in [0.15, 0.2) is 0 Å². The summed E-state index contributed by atoms with van der Waals surface area (Å²) in [5.41, 5.74) is 5.27.